The molecule has 4 rings (SSSR count). The van der Waals surface area contributed by atoms with Crippen molar-refractivity contribution in [2.45, 2.75) is 6.61 Å². The second-order valence-electron chi connectivity index (χ2n) is 7.01. The van der Waals surface area contributed by atoms with Crippen LogP contribution in [0.15, 0.2) is 78.6 Å². The highest BCUT2D eigenvalue weighted by molar-refractivity contribution is 6.44. The fourth-order valence-corrected chi connectivity index (χ4v) is 3.44. The van der Waals surface area contributed by atoms with E-state index in [9.17, 15) is 14.7 Å². The Morgan fingerprint density at radius 1 is 0.812 bits per heavy atom. The van der Waals surface area contributed by atoms with E-state index in [0.29, 0.717) is 35.1 Å². The van der Waals surface area contributed by atoms with Crippen molar-refractivity contribution in [1.82, 2.24) is 0 Å². The molecule has 0 spiro atoms. The van der Waals surface area contributed by atoms with Gasteiger partial charge in [-0.3, -0.25) is 9.59 Å². The summed E-state index contributed by atoms with van der Waals surface area (Å²) < 4.78 is 16.2. The molecule has 1 N–H and O–H groups in total. The Morgan fingerprint density at radius 3 is 2.16 bits per heavy atom. The number of aliphatic hydroxyl groups excluding tert-OH is 1. The first-order valence-corrected chi connectivity index (χ1v) is 9.84. The highest BCUT2D eigenvalue weighted by atomic mass is 16.5. The number of amides is 2. The molecule has 0 aliphatic carbocycles. The van der Waals surface area contributed by atoms with Gasteiger partial charge in [-0.15, -0.1) is 0 Å². The average molecular weight is 431 g/mol. The van der Waals surface area contributed by atoms with Gasteiger partial charge >= 0.3 is 5.91 Å². The van der Waals surface area contributed by atoms with Crippen LogP contribution in [0, 0.1) is 0 Å². The van der Waals surface area contributed by atoms with Gasteiger partial charge in [-0.25, -0.2) is 4.90 Å². The molecule has 2 amide bonds. The third kappa shape index (κ3) is 3.88. The Bertz CT molecular complexity index is 1180. The fourth-order valence-electron chi connectivity index (χ4n) is 3.44. The van der Waals surface area contributed by atoms with Gasteiger partial charge in [0, 0.05) is 0 Å². The van der Waals surface area contributed by atoms with Crippen LogP contribution in [0.3, 0.4) is 0 Å². The molecule has 0 fully saturated rings. The maximum Gasteiger partial charge on any atom is 0.301 e. The third-order valence-corrected chi connectivity index (χ3v) is 5.07. The zero-order chi connectivity index (χ0) is 22.7. The smallest absolute Gasteiger partial charge is 0.301 e. The van der Waals surface area contributed by atoms with Gasteiger partial charge in [0.25, 0.3) is 5.91 Å². The van der Waals surface area contributed by atoms with Gasteiger partial charge in [-0.1, -0.05) is 36.4 Å². The standard InChI is InChI=1S/C25H21NO6/c1-30-20-13-8-17(14-21(20)31-2)22-23(27)25(29)26(24(22)28)18-9-11-19(12-10-18)32-15-16-6-4-3-5-7-16/h3-14,27H,15H2,1-2H3. The molecule has 1 aliphatic heterocycles. The summed E-state index contributed by atoms with van der Waals surface area (Å²) >= 11 is 0. The molecule has 0 atom stereocenters. The van der Waals surface area contributed by atoms with Crippen LogP contribution in [0.5, 0.6) is 17.2 Å². The Hall–Kier alpha value is -4.26. The van der Waals surface area contributed by atoms with Crippen LogP contribution in [0.1, 0.15) is 11.1 Å². The van der Waals surface area contributed by atoms with E-state index in [2.05, 4.69) is 0 Å². The number of benzene rings is 3. The number of aliphatic hydroxyl groups is 1. The van der Waals surface area contributed by atoms with Crippen molar-refractivity contribution in [3.05, 3.63) is 89.7 Å². The van der Waals surface area contributed by atoms with E-state index in [1.54, 1.807) is 42.5 Å². The minimum atomic E-state index is -0.794. The van der Waals surface area contributed by atoms with Crippen molar-refractivity contribution in [2.24, 2.45) is 0 Å². The lowest BCUT2D eigenvalue weighted by molar-refractivity contribution is -0.121. The van der Waals surface area contributed by atoms with Crippen LogP contribution in [0.2, 0.25) is 0 Å². The molecular weight excluding hydrogens is 410 g/mol. The van der Waals surface area contributed by atoms with E-state index in [-0.39, 0.29) is 5.57 Å². The van der Waals surface area contributed by atoms with Crippen molar-refractivity contribution in [3.8, 4) is 17.2 Å². The lowest BCUT2D eigenvalue weighted by Gasteiger charge is -2.15. The molecule has 7 heteroatoms. The largest absolute Gasteiger partial charge is 0.502 e. The van der Waals surface area contributed by atoms with Gasteiger partial charge in [0.15, 0.2) is 17.3 Å². The summed E-state index contributed by atoms with van der Waals surface area (Å²) in [4.78, 5) is 26.7. The molecule has 0 radical (unpaired) electrons. The molecule has 32 heavy (non-hydrogen) atoms. The van der Waals surface area contributed by atoms with E-state index in [4.69, 9.17) is 14.2 Å². The first kappa shape index (κ1) is 21.0. The molecule has 1 aliphatic rings. The topological polar surface area (TPSA) is 85.3 Å². The van der Waals surface area contributed by atoms with E-state index in [1.165, 1.54) is 14.2 Å². The lowest BCUT2D eigenvalue weighted by atomic mass is 10.0. The van der Waals surface area contributed by atoms with Gasteiger partial charge in [0.2, 0.25) is 0 Å². The van der Waals surface area contributed by atoms with Crippen molar-refractivity contribution in [2.75, 3.05) is 19.1 Å². The molecule has 0 aromatic heterocycles. The van der Waals surface area contributed by atoms with Gasteiger partial charge < -0.3 is 19.3 Å². The molecule has 0 saturated carbocycles. The van der Waals surface area contributed by atoms with Crippen LogP contribution < -0.4 is 19.1 Å². The normalized spacial score (nSPS) is 13.5. The number of methoxy groups -OCH3 is 2. The zero-order valence-electron chi connectivity index (χ0n) is 17.6. The van der Waals surface area contributed by atoms with Crippen LogP contribution in [0.4, 0.5) is 5.69 Å². The van der Waals surface area contributed by atoms with Gasteiger partial charge in [-0.2, -0.15) is 0 Å². The molecule has 0 saturated heterocycles. The monoisotopic (exact) mass is 431 g/mol. The number of nitrogens with zero attached hydrogens (tertiary/aromatic N) is 1. The molecule has 0 unspecified atom stereocenters. The Labute approximate surface area is 185 Å². The van der Waals surface area contributed by atoms with Crippen molar-refractivity contribution < 1.29 is 28.9 Å². The number of carbonyl (C=O) groups excluding carboxylic acids is 2. The highest BCUT2D eigenvalue weighted by Crippen LogP contribution is 2.36. The highest BCUT2D eigenvalue weighted by Gasteiger charge is 2.40. The lowest BCUT2D eigenvalue weighted by Crippen LogP contribution is -2.31. The van der Waals surface area contributed by atoms with Gasteiger partial charge in [0.05, 0.1) is 25.5 Å². The summed E-state index contributed by atoms with van der Waals surface area (Å²) in [6, 6.07) is 21.0. The zero-order valence-corrected chi connectivity index (χ0v) is 17.6. The molecule has 3 aromatic carbocycles. The minimum Gasteiger partial charge on any atom is -0.502 e. The second-order valence-corrected chi connectivity index (χ2v) is 7.01. The molecule has 1 heterocycles. The molecular formula is C25H21NO6. The van der Waals surface area contributed by atoms with Crippen LogP contribution in [-0.4, -0.2) is 31.1 Å². The SMILES string of the molecule is COc1ccc(C2=C(O)C(=O)N(c3ccc(OCc4ccccc4)cc3)C2=O)cc1OC. The number of carbonyl (C=O) groups is 2. The van der Waals surface area contributed by atoms with Crippen molar-refractivity contribution in [1.29, 1.82) is 0 Å². The van der Waals surface area contributed by atoms with E-state index in [0.717, 1.165) is 10.5 Å². The predicted molar refractivity (Wildman–Crippen MR) is 119 cm³/mol. The molecule has 0 bridgehead atoms. The van der Waals surface area contributed by atoms with Crippen molar-refractivity contribution in [3.63, 3.8) is 0 Å². The Kier molecular flexibility index (Phi) is 5.81. The van der Waals surface area contributed by atoms with E-state index >= 15 is 0 Å². The number of rotatable bonds is 7. The number of imide groups is 1. The summed E-state index contributed by atoms with van der Waals surface area (Å²) in [6.07, 6.45) is 0. The summed E-state index contributed by atoms with van der Waals surface area (Å²) in [5.74, 6) is -0.601. The van der Waals surface area contributed by atoms with Gasteiger partial charge in [0.1, 0.15) is 12.4 Å². The quantitative estimate of drug-likeness (QED) is 0.567. The van der Waals surface area contributed by atoms with Crippen LogP contribution in [0.25, 0.3) is 5.57 Å². The summed E-state index contributed by atoms with van der Waals surface area (Å²) in [5, 5.41) is 10.4. The molecule has 162 valence electrons. The van der Waals surface area contributed by atoms with E-state index < -0.39 is 17.6 Å². The minimum absolute atomic E-state index is 0.0969. The van der Waals surface area contributed by atoms with E-state index in [1.807, 2.05) is 30.3 Å². The Morgan fingerprint density at radius 2 is 1.50 bits per heavy atom. The van der Waals surface area contributed by atoms with Crippen LogP contribution >= 0.6 is 0 Å². The summed E-state index contributed by atoms with van der Waals surface area (Å²) in [6.45, 7) is 0.396. The first-order chi connectivity index (χ1) is 15.5. The van der Waals surface area contributed by atoms with Crippen molar-refractivity contribution >= 4 is 23.1 Å². The Balaban J connectivity index is 1.54. The number of hydrogen-bond donors (Lipinski definition) is 1. The average Bonchev–Trinajstić information content (AvgIpc) is 3.06. The maximum atomic E-state index is 13.1. The second kappa shape index (κ2) is 8.85. The first-order valence-electron chi connectivity index (χ1n) is 9.84. The predicted octanol–water partition coefficient (Wildman–Crippen LogP) is 4.13. The fraction of sp³-hybridized carbons (Fsp3) is 0.120. The number of anilines is 1. The number of hydrogen-bond acceptors (Lipinski definition) is 6. The summed E-state index contributed by atoms with van der Waals surface area (Å²) in [7, 11) is 2.96. The molecule has 3 aromatic rings. The third-order valence-electron chi connectivity index (χ3n) is 5.07. The van der Waals surface area contributed by atoms with Crippen LogP contribution in [-0.2, 0) is 16.2 Å². The number of ether oxygens (including phenoxy) is 3. The van der Waals surface area contributed by atoms with Gasteiger partial charge in [-0.05, 0) is 47.5 Å². The summed E-state index contributed by atoms with van der Waals surface area (Å²) in [5.41, 5.74) is 1.61. The maximum absolute atomic E-state index is 13.1. The molecule has 7 nitrogen and oxygen atoms in total.